The van der Waals surface area contributed by atoms with Crippen molar-refractivity contribution in [2.24, 2.45) is 23.2 Å². The molecule has 0 aromatic heterocycles. The van der Waals surface area contributed by atoms with Gasteiger partial charge in [0, 0.05) is 11.8 Å². The van der Waals surface area contributed by atoms with E-state index in [0.717, 1.165) is 24.8 Å². The van der Waals surface area contributed by atoms with Crippen LogP contribution in [0.2, 0.25) is 0 Å². The van der Waals surface area contributed by atoms with Gasteiger partial charge in [0.1, 0.15) is 6.04 Å². The third-order valence-corrected chi connectivity index (χ3v) is 6.81. The van der Waals surface area contributed by atoms with E-state index in [1.807, 2.05) is 6.07 Å². The Hall–Kier alpha value is -2.35. The van der Waals surface area contributed by atoms with E-state index >= 15 is 0 Å². The van der Waals surface area contributed by atoms with Crippen LogP contribution in [0.25, 0.3) is 0 Å². The van der Waals surface area contributed by atoms with Gasteiger partial charge in [-0.1, -0.05) is 12.1 Å². The summed E-state index contributed by atoms with van der Waals surface area (Å²) in [5.41, 5.74) is 1.09. The Balaban J connectivity index is 1.51. The third-order valence-electron chi connectivity index (χ3n) is 6.81. The van der Waals surface area contributed by atoms with E-state index in [-0.39, 0.29) is 11.3 Å². The summed E-state index contributed by atoms with van der Waals surface area (Å²) in [5, 5.41) is 12.1. The van der Waals surface area contributed by atoms with Crippen LogP contribution < -0.4 is 5.32 Å². The van der Waals surface area contributed by atoms with E-state index in [9.17, 15) is 9.59 Å². The van der Waals surface area contributed by atoms with Gasteiger partial charge in [0.15, 0.2) is 0 Å². The summed E-state index contributed by atoms with van der Waals surface area (Å²) in [6, 6.07) is 8.54. The minimum Gasteiger partial charge on any atom is -0.467 e. The van der Waals surface area contributed by atoms with Gasteiger partial charge in [-0.25, -0.2) is 4.79 Å². The molecule has 0 radical (unpaired) electrons. The van der Waals surface area contributed by atoms with Crippen LogP contribution in [0.15, 0.2) is 24.3 Å². The number of esters is 1. The van der Waals surface area contributed by atoms with Gasteiger partial charge < -0.3 is 10.1 Å². The summed E-state index contributed by atoms with van der Waals surface area (Å²) in [7, 11) is 1.35. The summed E-state index contributed by atoms with van der Waals surface area (Å²) >= 11 is 0. The lowest BCUT2D eigenvalue weighted by Crippen LogP contribution is -2.56. The van der Waals surface area contributed by atoms with Crippen molar-refractivity contribution in [1.29, 1.82) is 5.26 Å². The molecule has 4 saturated carbocycles. The number of methoxy groups -OCH3 is 1. The number of benzene rings is 1. The summed E-state index contributed by atoms with van der Waals surface area (Å²) < 4.78 is 4.94. The number of nitrogens with zero attached hydrogens (tertiary/aromatic N) is 1. The number of hydrogen-bond acceptors (Lipinski definition) is 4. The highest BCUT2D eigenvalue weighted by Gasteiger charge is 2.55. The lowest BCUT2D eigenvalue weighted by Gasteiger charge is -2.55. The van der Waals surface area contributed by atoms with Crippen LogP contribution >= 0.6 is 0 Å². The van der Waals surface area contributed by atoms with Crippen molar-refractivity contribution < 1.29 is 14.3 Å². The van der Waals surface area contributed by atoms with Crippen molar-refractivity contribution in [2.45, 2.75) is 51.0 Å². The van der Waals surface area contributed by atoms with E-state index in [2.05, 4.69) is 11.4 Å². The molecule has 4 fully saturated rings. The predicted octanol–water partition coefficient (Wildman–Crippen LogP) is 2.97. The first kappa shape index (κ1) is 18.0. The largest absolute Gasteiger partial charge is 0.467 e. The Morgan fingerprint density at radius 3 is 2.41 bits per heavy atom. The molecule has 1 amide bonds. The number of nitrogens with one attached hydrogen (secondary N) is 1. The fourth-order valence-corrected chi connectivity index (χ4v) is 6.04. The Morgan fingerprint density at radius 2 is 1.85 bits per heavy atom. The Labute approximate surface area is 160 Å². The van der Waals surface area contributed by atoms with E-state index in [1.165, 1.54) is 26.4 Å². The summed E-state index contributed by atoms with van der Waals surface area (Å²) in [6.07, 6.45) is 7.03. The number of amides is 1. The molecule has 1 N–H and O–H groups in total. The second kappa shape index (κ2) is 6.99. The Kier molecular flexibility index (Phi) is 4.67. The van der Waals surface area contributed by atoms with Gasteiger partial charge in [-0.05, 0) is 74.0 Å². The first-order chi connectivity index (χ1) is 13.0. The van der Waals surface area contributed by atoms with E-state index in [4.69, 9.17) is 10.00 Å². The van der Waals surface area contributed by atoms with Crippen molar-refractivity contribution in [3.63, 3.8) is 0 Å². The van der Waals surface area contributed by atoms with Gasteiger partial charge in [-0.15, -0.1) is 0 Å². The second-order valence-electron chi connectivity index (χ2n) is 8.76. The van der Waals surface area contributed by atoms with E-state index in [0.29, 0.717) is 29.7 Å². The lowest BCUT2D eigenvalue weighted by molar-refractivity contribution is -0.152. The first-order valence-corrected chi connectivity index (χ1v) is 9.89. The maximum absolute atomic E-state index is 13.3. The SMILES string of the molecule is COC(=O)[C@@H](Cc1cccc(C#N)c1)NC(=O)C12CC3CC(CC(C3)C1)C2. The van der Waals surface area contributed by atoms with Crippen LogP contribution in [0, 0.1) is 34.5 Å². The topological polar surface area (TPSA) is 79.2 Å². The van der Waals surface area contributed by atoms with Crippen molar-refractivity contribution >= 4 is 11.9 Å². The van der Waals surface area contributed by atoms with Gasteiger partial charge >= 0.3 is 5.97 Å². The molecule has 0 aliphatic heterocycles. The molecular formula is C22H26N2O3. The van der Waals surface area contributed by atoms with Crippen molar-refractivity contribution in [2.75, 3.05) is 7.11 Å². The minimum absolute atomic E-state index is 0.0217. The van der Waals surface area contributed by atoms with Crippen LogP contribution in [0.5, 0.6) is 0 Å². The molecule has 4 aliphatic carbocycles. The van der Waals surface area contributed by atoms with Crippen LogP contribution in [0.3, 0.4) is 0 Å². The molecule has 142 valence electrons. The number of carbonyl (C=O) groups excluding carboxylic acids is 2. The maximum Gasteiger partial charge on any atom is 0.328 e. The molecule has 1 atom stereocenters. The van der Waals surface area contributed by atoms with Crippen molar-refractivity contribution in [3.05, 3.63) is 35.4 Å². The lowest BCUT2D eigenvalue weighted by atomic mass is 9.49. The molecule has 0 spiro atoms. The fraction of sp³-hybridized carbons (Fsp3) is 0.591. The number of carbonyl (C=O) groups is 2. The van der Waals surface area contributed by atoms with Gasteiger partial charge in [0.05, 0.1) is 18.7 Å². The van der Waals surface area contributed by atoms with Gasteiger partial charge in [0.25, 0.3) is 0 Å². The normalized spacial score (nSPS) is 31.8. The molecule has 0 unspecified atom stereocenters. The van der Waals surface area contributed by atoms with Crippen LogP contribution in [0.4, 0.5) is 0 Å². The highest BCUT2D eigenvalue weighted by molar-refractivity contribution is 5.88. The molecule has 5 heteroatoms. The quantitative estimate of drug-likeness (QED) is 0.813. The third kappa shape index (κ3) is 3.45. The average molecular weight is 366 g/mol. The van der Waals surface area contributed by atoms with Gasteiger partial charge in [-0.3, -0.25) is 4.79 Å². The molecule has 4 aliphatic rings. The zero-order valence-corrected chi connectivity index (χ0v) is 15.7. The van der Waals surface area contributed by atoms with E-state index in [1.54, 1.807) is 18.2 Å². The molecule has 1 aromatic rings. The standard InChI is InChI=1S/C22H26N2O3/c1-27-20(25)19(9-14-3-2-4-15(5-14)13-23)24-21(26)22-10-16-6-17(11-22)8-18(7-16)12-22/h2-5,16-19H,6-12H2,1H3,(H,24,26)/t16?,17?,18?,19-,22?/m1/s1. The van der Waals surface area contributed by atoms with Crippen LogP contribution in [-0.4, -0.2) is 25.0 Å². The number of nitriles is 1. The van der Waals surface area contributed by atoms with Gasteiger partial charge in [0.2, 0.25) is 5.91 Å². The highest BCUT2D eigenvalue weighted by Crippen LogP contribution is 2.60. The number of rotatable bonds is 5. The van der Waals surface area contributed by atoms with Gasteiger partial charge in [-0.2, -0.15) is 5.26 Å². The Morgan fingerprint density at radius 1 is 1.22 bits per heavy atom. The molecule has 5 nitrogen and oxygen atoms in total. The molecular weight excluding hydrogens is 340 g/mol. The second-order valence-corrected chi connectivity index (χ2v) is 8.76. The molecule has 0 saturated heterocycles. The minimum atomic E-state index is -0.718. The van der Waals surface area contributed by atoms with Crippen molar-refractivity contribution in [3.8, 4) is 6.07 Å². The smallest absolute Gasteiger partial charge is 0.328 e. The average Bonchev–Trinajstić information content (AvgIpc) is 2.66. The molecule has 0 heterocycles. The van der Waals surface area contributed by atoms with Crippen LogP contribution in [-0.2, 0) is 20.7 Å². The monoisotopic (exact) mass is 366 g/mol. The predicted molar refractivity (Wildman–Crippen MR) is 99.4 cm³/mol. The molecule has 27 heavy (non-hydrogen) atoms. The zero-order chi connectivity index (χ0) is 19.0. The first-order valence-electron chi connectivity index (χ1n) is 9.89. The Bertz CT molecular complexity index is 760. The maximum atomic E-state index is 13.3. The molecule has 4 bridgehead atoms. The number of ether oxygens (including phenoxy) is 1. The zero-order valence-electron chi connectivity index (χ0n) is 15.7. The molecule has 1 aromatic carbocycles. The molecule has 5 rings (SSSR count). The summed E-state index contributed by atoms with van der Waals surface area (Å²) in [4.78, 5) is 25.6. The highest BCUT2D eigenvalue weighted by atomic mass is 16.5. The fourth-order valence-electron chi connectivity index (χ4n) is 6.04. The number of hydrogen-bond donors (Lipinski definition) is 1. The van der Waals surface area contributed by atoms with Crippen molar-refractivity contribution in [1.82, 2.24) is 5.32 Å². The summed E-state index contributed by atoms with van der Waals surface area (Å²) in [5.74, 6) is 1.60. The van der Waals surface area contributed by atoms with Crippen LogP contribution in [0.1, 0.15) is 49.7 Å². The van der Waals surface area contributed by atoms with E-state index < -0.39 is 12.0 Å². The summed E-state index contributed by atoms with van der Waals surface area (Å²) in [6.45, 7) is 0.